The molecule has 2 aliphatic carbocycles. The van der Waals surface area contributed by atoms with E-state index in [0.717, 1.165) is 55.3 Å². The fourth-order valence-electron chi connectivity index (χ4n) is 5.18. The SMILES string of the molecule is CC(C)(C)c1ccc(N2CCN(C3CC4CCC3C4)CC2)c(F)c1. The van der Waals surface area contributed by atoms with Gasteiger partial charge in [0.05, 0.1) is 5.69 Å². The van der Waals surface area contributed by atoms with Crippen molar-refractivity contribution in [1.82, 2.24) is 4.90 Å². The molecule has 2 nitrogen and oxygen atoms in total. The summed E-state index contributed by atoms with van der Waals surface area (Å²) in [6.45, 7) is 10.5. The van der Waals surface area contributed by atoms with Gasteiger partial charge in [-0.3, -0.25) is 4.90 Å². The predicted octanol–water partition coefficient (Wildman–Crippen LogP) is 4.43. The molecule has 1 aromatic carbocycles. The lowest BCUT2D eigenvalue weighted by atomic mass is 9.87. The van der Waals surface area contributed by atoms with Gasteiger partial charge in [-0.15, -0.1) is 0 Å². The fraction of sp³-hybridized carbons (Fsp3) is 0.714. The van der Waals surface area contributed by atoms with Crippen LogP contribution < -0.4 is 4.90 Å². The average Bonchev–Trinajstić information content (AvgIpc) is 3.17. The van der Waals surface area contributed by atoms with E-state index in [1.165, 1.54) is 25.7 Å². The second-order valence-electron chi connectivity index (χ2n) is 9.18. The first kappa shape index (κ1) is 16.4. The van der Waals surface area contributed by atoms with Crippen LogP contribution >= 0.6 is 0 Å². The van der Waals surface area contributed by atoms with Gasteiger partial charge in [-0.05, 0) is 54.2 Å². The maximum absolute atomic E-state index is 14.6. The van der Waals surface area contributed by atoms with E-state index in [1.807, 2.05) is 6.07 Å². The van der Waals surface area contributed by atoms with Gasteiger partial charge < -0.3 is 4.90 Å². The first-order chi connectivity index (χ1) is 11.4. The van der Waals surface area contributed by atoms with Crippen LogP contribution in [0.15, 0.2) is 18.2 Å². The molecular formula is C21H31FN2. The minimum atomic E-state index is -0.0594. The molecule has 2 bridgehead atoms. The topological polar surface area (TPSA) is 6.48 Å². The molecule has 1 heterocycles. The standard InChI is InChI=1S/C21H31FN2/c1-21(2,3)17-6-7-19(18(22)14-17)23-8-10-24(11-9-23)20-13-15-4-5-16(20)12-15/h6-7,14-16,20H,4-5,8-13H2,1-3H3. The second kappa shape index (κ2) is 6.01. The van der Waals surface area contributed by atoms with Crippen molar-refractivity contribution in [2.45, 2.75) is 57.9 Å². The molecule has 24 heavy (non-hydrogen) atoms. The van der Waals surface area contributed by atoms with E-state index in [-0.39, 0.29) is 11.2 Å². The number of benzene rings is 1. The van der Waals surface area contributed by atoms with Crippen LogP contribution in [0.4, 0.5) is 10.1 Å². The van der Waals surface area contributed by atoms with Gasteiger partial charge in [-0.25, -0.2) is 4.39 Å². The Bertz CT molecular complexity index is 598. The van der Waals surface area contributed by atoms with Crippen molar-refractivity contribution in [2.75, 3.05) is 31.1 Å². The lowest BCUT2D eigenvalue weighted by Gasteiger charge is -2.42. The molecule has 0 aromatic heterocycles. The van der Waals surface area contributed by atoms with Crippen LogP contribution in [-0.2, 0) is 5.41 Å². The molecule has 3 heteroatoms. The van der Waals surface area contributed by atoms with E-state index in [0.29, 0.717) is 0 Å². The van der Waals surface area contributed by atoms with Crippen LogP contribution in [0.2, 0.25) is 0 Å². The lowest BCUT2D eigenvalue weighted by Crippen LogP contribution is -2.52. The van der Waals surface area contributed by atoms with E-state index in [4.69, 9.17) is 0 Å². The third-order valence-electron chi connectivity index (χ3n) is 6.64. The van der Waals surface area contributed by atoms with Crippen molar-refractivity contribution in [3.05, 3.63) is 29.6 Å². The molecule has 3 atom stereocenters. The first-order valence-electron chi connectivity index (χ1n) is 9.71. The summed E-state index contributed by atoms with van der Waals surface area (Å²) in [7, 11) is 0. The molecule has 3 fully saturated rings. The van der Waals surface area contributed by atoms with Gasteiger partial charge in [-0.2, -0.15) is 0 Å². The van der Waals surface area contributed by atoms with E-state index in [1.54, 1.807) is 6.07 Å². The Kier molecular flexibility index (Phi) is 4.11. The molecule has 132 valence electrons. The minimum absolute atomic E-state index is 0.000144. The van der Waals surface area contributed by atoms with Gasteiger partial charge in [0.25, 0.3) is 0 Å². The molecular weight excluding hydrogens is 299 g/mol. The predicted molar refractivity (Wildman–Crippen MR) is 98.1 cm³/mol. The fourth-order valence-corrected chi connectivity index (χ4v) is 5.18. The number of hydrogen-bond donors (Lipinski definition) is 0. The largest absolute Gasteiger partial charge is 0.367 e. The number of anilines is 1. The van der Waals surface area contributed by atoms with Crippen LogP contribution in [0.1, 0.15) is 52.0 Å². The maximum atomic E-state index is 14.6. The Morgan fingerprint density at radius 1 is 1.00 bits per heavy atom. The first-order valence-corrected chi connectivity index (χ1v) is 9.71. The Balaban J connectivity index is 1.41. The lowest BCUT2D eigenvalue weighted by molar-refractivity contribution is 0.134. The van der Waals surface area contributed by atoms with Crippen LogP contribution in [-0.4, -0.2) is 37.1 Å². The Morgan fingerprint density at radius 3 is 2.29 bits per heavy atom. The number of rotatable bonds is 2. The van der Waals surface area contributed by atoms with Crippen molar-refractivity contribution in [2.24, 2.45) is 11.8 Å². The van der Waals surface area contributed by atoms with Crippen molar-refractivity contribution in [3.63, 3.8) is 0 Å². The zero-order chi connectivity index (χ0) is 16.9. The molecule has 0 radical (unpaired) electrons. The van der Waals surface area contributed by atoms with Crippen molar-refractivity contribution in [1.29, 1.82) is 0 Å². The zero-order valence-corrected chi connectivity index (χ0v) is 15.4. The van der Waals surface area contributed by atoms with Crippen LogP contribution in [0.3, 0.4) is 0 Å². The molecule has 1 aromatic rings. The Labute approximate surface area is 146 Å². The smallest absolute Gasteiger partial charge is 0.146 e. The van der Waals surface area contributed by atoms with E-state index >= 15 is 0 Å². The van der Waals surface area contributed by atoms with E-state index in [2.05, 4.69) is 36.6 Å². The summed E-state index contributed by atoms with van der Waals surface area (Å²) < 4.78 is 14.6. The van der Waals surface area contributed by atoms with Gasteiger partial charge >= 0.3 is 0 Å². The number of halogens is 1. The average molecular weight is 330 g/mol. The molecule has 4 rings (SSSR count). The second-order valence-corrected chi connectivity index (χ2v) is 9.18. The molecule has 3 unspecified atom stereocenters. The number of nitrogens with zero attached hydrogens (tertiary/aromatic N) is 2. The van der Waals surface area contributed by atoms with Crippen molar-refractivity contribution < 1.29 is 4.39 Å². The quantitative estimate of drug-likeness (QED) is 0.791. The molecule has 0 amide bonds. The third kappa shape index (κ3) is 2.96. The maximum Gasteiger partial charge on any atom is 0.146 e. The molecule has 3 aliphatic rings. The molecule has 1 aliphatic heterocycles. The monoisotopic (exact) mass is 330 g/mol. The summed E-state index contributed by atoms with van der Waals surface area (Å²) in [4.78, 5) is 4.94. The normalized spacial score (nSPS) is 31.0. The highest BCUT2D eigenvalue weighted by atomic mass is 19.1. The highest BCUT2D eigenvalue weighted by Crippen LogP contribution is 2.46. The summed E-state index contributed by atoms with van der Waals surface area (Å²) in [5.41, 5.74) is 1.86. The van der Waals surface area contributed by atoms with Gasteiger partial charge in [0.15, 0.2) is 0 Å². The summed E-state index contributed by atoms with van der Waals surface area (Å²) in [5.74, 6) is 1.89. The summed E-state index contributed by atoms with van der Waals surface area (Å²) in [5, 5.41) is 0. The molecule has 0 N–H and O–H groups in total. The third-order valence-corrected chi connectivity index (χ3v) is 6.64. The summed E-state index contributed by atoms with van der Waals surface area (Å²) in [6.07, 6.45) is 5.79. The molecule has 1 saturated heterocycles. The van der Waals surface area contributed by atoms with E-state index in [9.17, 15) is 4.39 Å². The highest BCUT2D eigenvalue weighted by molar-refractivity contribution is 5.50. The van der Waals surface area contributed by atoms with Gasteiger partial charge in [0.1, 0.15) is 5.82 Å². The highest BCUT2D eigenvalue weighted by Gasteiger charge is 2.42. The van der Waals surface area contributed by atoms with Gasteiger partial charge in [0.2, 0.25) is 0 Å². The van der Waals surface area contributed by atoms with Gasteiger partial charge in [-0.1, -0.05) is 33.3 Å². The minimum Gasteiger partial charge on any atom is -0.367 e. The van der Waals surface area contributed by atoms with Crippen LogP contribution in [0, 0.1) is 17.7 Å². The van der Waals surface area contributed by atoms with E-state index < -0.39 is 0 Å². The summed E-state index contributed by atoms with van der Waals surface area (Å²) >= 11 is 0. The van der Waals surface area contributed by atoms with Crippen LogP contribution in [0.25, 0.3) is 0 Å². The Hall–Kier alpha value is -1.09. The zero-order valence-electron chi connectivity index (χ0n) is 15.4. The van der Waals surface area contributed by atoms with Crippen molar-refractivity contribution in [3.8, 4) is 0 Å². The molecule has 2 saturated carbocycles. The summed E-state index contributed by atoms with van der Waals surface area (Å²) in [6, 6.07) is 6.64. The number of hydrogen-bond acceptors (Lipinski definition) is 2. The van der Waals surface area contributed by atoms with Crippen molar-refractivity contribution >= 4 is 5.69 Å². The number of fused-ring (bicyclic) bond motifs is 2. The van der Waals surface area contributed by atoms with Gasteiger partial charge in [0, 0.05) is 32.2 Å². The number of piperazine rings is 1. The molecule has 0 spiro atoms. The Morgan fingerprint density at radius 2 is 1.75 bits per heavy atom. The van der Waals surface area contributed by atoms with Crippen LogP contribution in [0.5, 0.6) is 0 Å².